The Hall–Kier alpha value is -2.96. The van der Waals surface area contributed by atoms with E-state index in [4.69, 9.17) is 9.47 Å². The van der Waals surface area contributed by atoms with E-state index in [0.29, 0.717) is 44.1 Å². The van der Waals surface area contributed by atoms with E-state index in [1.54, 1.807) is 31.9 Å². The molecule has 0 aliphatic carbocycles. The summed E-state index contributed by atoms with van der Waals surface area (Å²) in [4.78, 5) is 36.5. The van der Waals surface area contributed by atoms with E-state index >= 15 is 0 Å². The van der Waals surface area contributed by atoms with Gasteiger partial charge in [0.25, 0.3) is 5.91 Å². The van der Waals surface area contributed by atoms with Crippen molar-refractivity contribution in [2.45, 2.75) is 40.0 Å². The van der Waals surface area contributed by atoms with Crippen molar-refractivity contribution >= 4 is 11.9 Å². The van der Waals surface area contributed by atoms with Crippen LogP contribution in [0.25, 0.3) is 0 Å². The fraction of sp³-hybridized carbons (Fsp3) is 0.478. The van der Waals surface area contributed by atoms with E-state index in [2.05, 4.69) is 9.97 Å². The molecule has 0 bridgehead atoms. The molecule has 7 heteroatoms. The van der Waals surface area contributed by atoms with Gasteiger partial charge in [0.15, 0.2) is 0 Å². The molecule has 0 saturated carbocycles. The van der Waals surface area contributed by atoms with Crippen LogP contribution in [-0.4, -0.2) is 53.6 Å². The summed E-state index contributed by atoms with van der Waals surface area (Å²) in [6.45, 7) is 6.59. The number of hydrogen-bond donors (Lipinski definition) is 0. The molecule has 2 heterocycles. The smallest absolute Gasteiger partial charge is 0.314 e. The van der Waals surface area contributed by atoms with Crippen molar-refractivity contribution < 1.29 is 19.1 Å². The van der Waals surface area contributed by atoms with Crippen molar-refractivity contribution in [3.05, 3.63) is 53.1 Å². The van der Waals surface area contributed by atoms with Gasteiger partial charge in [-0.15, -0.1) is 0 Å². The lowest BCUT2D eigenvalue weighted by Crippen LogP contribution is -2.51. The zero-order chi connectivity index (χ0) is 21.7. The van der Waals surface area contributed by atoms with Crippen LogP contribution in [0.3, 0.4) is 0 Å². The van der Waals surface area contributed by atoms with E-state index < -0.39 is 5.41 Å². The number of benzene rings is 1. The Morgan fingerprint density at radius 1 is 1.20 bits per heavy atom. The number of ether oxygens (including phenoxy) is 2. The summed E-state index contributed by atoms with van der Waals surface area (Å²) >= 11 is 0. The first-order chi connectivity index (χ1) is 14.4. The SMILES string of the molecule is CCOC(=O)[C@@]1(Cc2cccc(OC)c2)CCCN(C(=O)c2cc(C)nc(C)n2)C1. The van der Waals surface area contributed by atoms with Crippen LogP contribution in [0.4, 0.5) is 0 Å². The van der Waals surface area contributed by atoms with Crippen LogP contribution in [0.1, 0.15) is 47.3 Å². The number of hydrogen-bond acceptors (Lipinski definition) is 6. The monoisotopic (exact) mass is 411 g/mol. The fourth-order valence-corrected chi connectivity index (χ4v) is 4.13. The summed E-state index contributed by atoms with van der Waals surface area (Å²) in [5.74, 6) is 0.855. The lowest BCUT2D eigenvalue weighted by Gasteiger charge is -2.41. The number of aryl methyl sites for hydroxylation is 2. The third-order valence-electron chi connectivity index (χ3n) is 5.43. The van der Waals surface area contributed by atoms with Crippen molar-refractivity contribution in [1.29, 1.82) is 0 Å². The van der Waals surface area contributed by atoms with Gasteiger partial charge in [0, 0.05) is 18.8 Å². The highest BCUT2D eigenvalue weighted by atomic mass is 16.5. The Balaban J connectivity index is 1.90. The maximum atomic E-state index is 13.2. The van der Waals surface area contributed by atoms with Gasteiger partial charge >= 0.3 is 5.97 Å². The predicted octanol–water partition coefficient (Wildman–Crippen LogP) is 3.13. The zero-order valence-corrected chi connectivity index (χ0v) is 18.1. The second-order valence-electron chi connectivity index (χ2n) is 7.80. The van der Waals surface area contributed by atoms with E-state index in [1.165, 1.54) is 0 Å². The lowest BCUT2D eigenvalue weighted by atomic mass is 9.75. The van der Waals surface area contributed by atoms with E-state index in [1.807, 2.05) is 31.2 Å². The van der Waals surface area contributed by atoms with Gasteiger partial charge in [-0.1, -0.05) is 12.1 Å². The molecule has 1 atom stereocenters. The van der Waals surface area contributed by atoms with Gasteiger partial charge in [-0.25, -0.2) is 9.97 Å². The van der Waals surface area contributed by atoms with Crippen LogP contribution in [0.2, 0.25) is 0 Å². The van der Waals surface area contributed by atoms with Gasteiger partial charge in [-0.3, -0.25) is 9.59 Å². The molecule has 0 unspecified atom stereocenters. The topological polar surface area (TPSA) is 81.6 Å². The molecule has 1 aliphatic rings. The molecule has 7 nitrogen and oxygen atoms in total. The molecule has 3 rings (SSSR count). The van der Waals surface area contributed by atoms with Crippen molar-refractivity contribution in [2.24, 2.45) is 5.41 Å². The first kappa shape index (κ1) is 21.7. The zero-order valence-electron chi connectivity index (χ0n) is 18.1. The fourth-order valence-electron chi connectivity index (χ4n) is 4.13. The average molecular weight is 412 g/mol. The number of piperidine rings is 1. The number of carbonyl (C=O) groups excluding carboxylic acids is 2. The van der Waals surface area contributed by atoms with Crippen LogP contribution in [0, 0.1) is 19.3 Å². The number of likely N-dealkylation sites (tertiary alicyclic amines) is 1. The van der Waals surface area contributed by atoms with Gasteiger partial charge in [0.05, 0.1) is 19.1 Å². The maximum absolute atomic E-state index is 13.2. The Bertz CT molecular complexity index is 910. The van der Waals surface area contributed by atoms with Crippen LogP contribution < -0.4 is 4.74 Å². The molecule has 1 aromatic heterocycles. The normalized spacial score (nSPS) is 18.7. The molecule has 1 fully saturated rings. The Kier molecular flexibility index (Phi) is 6.70. The number of amides is 1. The number of rotatable bonds is 6. The molecule has 1 saturated heterocycles. The second-order valence-corrected chi connectivity index (χ2v) is 7.80. The summed E-state index contributed by atoms with van der Waals surface area (Å²) in [5.41, 5.74) is 1.29. The van der Waals surface area contributed by atoms with Crippen molar-refractivity contribution in [3.8, 4) is 5.75 Å². The highest BCUT2D eigenvalue weighted by molar-refractivity contribution is 5.93. The number of nitrogens with zero attached hydrogens (tertiary/aromatic N) is 3. The molecular formula is C23H29N3O4. The van der Waals surface area contributed by atoms with E-state index in [0.717, 1.165) is 23.4 Å². The van der Waals surface area contributed by atoms with Gasteiger partial charge in [0.2, 0.25) is 0 Å². The Morgan fingerprint density at radius 2 is 2.00 bits per heavy atom. The molecule has 30 heavy (non-hydrogen) atoms. The largest absolute Gasteiger partial charge is 0.497 e. The molecule has 1 aromatic carbocycles. The van der Waals surface area contributed by atoms with Crippen LogP contribution in [0.15, 0.2) is 30.3 Å². The van der Waals surface area contributed by atoms with Crippen molar-refractivity contribution in [2.75, 3.05) is 26.8 Å². The van der Waals surface area contributed by atoms with Crippen LogP contribution >= 0.6 is 0 Å². The first-order valence-electron chi connectivity index (χ1n) is 10.3. The number of carbonyl (C=O) groups is 2. The number of methoxy groups -OCH3 is 1. The standard InChI is InChI=1S/C23H29N3O4/c1-5-30-22(28)23(14-18-8-6-9-19(13-18)29-4)10-7-11-26(15-23)21(27)20-12-16(2)24-17(3)25-20/h6,8-9,12-13H,5,7,10-11,14-15H2,1-4H3/t23-/m1/s1. The second kappa shape index (κ2) is 9.24. The Labute approximate surface area is 177 Å². The van der Waals surface area contributed by atoms with Gasteiger partial charge < -0.3 is 14.4 Å². The molecule has 1 amide bonds. The highest BCUT2D eigenvalue weighted by Crippen LogP contribution is 2.36. The third kappa shape index (κ3) is 4.78. The maximum Gasteiger partial charge on any atom is 0.314 e. The Morgan fingerprint density at radius 3 is 2.70 bits per heavy atom. The van der Waals surface area contributed by atoms with Crippen LogP contribution in [-0.2, 0) is 16.0 Å². The number of esters is 1. The van der Waals surface area contributed by atoms with Gasteiger partial charge in [-0.05, 0) is 63.8 Å². The van der Waals surface area contributed by atoms with Gasteiger partial charge in [-0.2, -0.15) is 0 Å². The highest BCUT2D eigenvalue weighted by Gasteiger charge is 2.45. The predicted molar refractivity (Wildman–Crippen MR) is 112 cm³/mol. The van der Waals surface area contributed by atoms with E-state index in [-0.39, 0.29) is 11.9 Å². The summed E-state index contributed by atoms with van der Waals surface area (Å²) in [6.07, 6.45) is 1.86. The lowest BCUT2D eigenvalue weighted by molar-refractivity contribution is -0.158. The summed E-state index contributed by atoms with van der Waals surface area (Å²) in [6, 6.07) is 9.38. The minimum atomic E-state index is -0.798. The van der Waals surface area contributed by atoms with Crippen molar-refractivity contribution in [1.82, 2.24) is 14.9 Å². The number of aromatic nitrogens is 2. The molecule has 2 aromatic rings. The summed E-state index contributed by atoms with van der Waals surface area (Å²) in [5, 5.41) is 0. The minimum absolute atomic E-state index is 0.178. The molecule has 0 N–H and O–H groups in total. The van der Waals surface area contributed by atoms with Crippen LogP contribution in [0.5, 0.6) is 5.75 Å². The van der Waals surface area contributed by atoms with Gasteiger partial charge in [0.1, 0.15) is 17.3 Å². The minimum Gasteiger partial charge on any atom is -0.497 e. The molecule has 0 spiro atoms. The quantitative estimate of drug-likeness (QED) is 0.680. The van der Waals surface area contributed by atoms with Crippen molar-refractivity contribution in [3.63, 3.8) is 0 Å². The molecule has 0 radical (unpaired) electrons. The molecule has 160 valence electrons. The molecule has 1 aliphatic heterocycles. The average Bonchev–Trinajstić information content (AvgIpc) is 2.73. The van der Waals surface area contributed by atoms with E-state index in [9.17, 15) is 9.59 Å². The third-order valence-corrected chi connectivity index (χ3v) is 5.43. The molecular weight excluding hydrogens is 382 g/mol. The summed E-state index contributed by atoms with van der Waals surface area (Å²) in [7, 11) is 1.62. The summed E-state index contributed by atoms with van der Waals surface area (Å²) < 4.78 is 10.8. The first-order valence-corrected chi connectivity index (χ1v) is 10.3.